The predicted octanol–water partition coefficient (Wildman–Crippen LogP) is 0.363. The molecular formula is C12H19N9. The summed E-state index contributed by atoms with van der Waals surface area (Å²) in [5.41, 5.74) is 2.48. The lowest BCUT2D eigenvalue weighted by atomic mass is 9.92. The molecule has 2 aromatic heterocycles. The molecule has 3 N–H and O–H groups in total. The van der Waals surface area contributed by atoms with E-state index in [-0.39, 0.29) is 0 Å². The second kappa shape index (κ2) is 5.60. The van der Waals surface area contributed by atoms with E-state index in [4.69, 9.17) is 5.84 Å². The minimum absolute atomic E-state index is 0.316. The Balaban J connectivity index is 1.99. The van der Waals surface area contributed by atoms with Crippen LogP contribution < -0.4 is 16.2 Å². The number of anilines is 2. The van der Waals surface area contributed by atoms with Crippen LogP contribution in [0.2, 0.25) is 0 Å². The SMILES string of the molecule is CC1CCCN(c2nc(NN)nc(-n3cncn3)n2)C1C. The van der Waals surface area contributed by atoms with Crippen molar-refractivity contribution in [1.29, 1.82) is 0 Å². The van der Waals surface area contributed by atoms with Crippen molar-refractivity contribution in [1.82, 2.24) is 29.7 Å². The second-order valence-corrected chi connectivity index (χ2v) is 5.30. The molecule has 2 unspecified atom stereocenters. The molecule has 3 heterocycles. The number of hydrogen-bond acceptors (Lipinski definition) is 8. The monoisotopic (exact) mass is 289 g/mol. The Labute approximate surface area is 122 Å². The zero-order valence-electron chi connectivity index (χ0n) is 12.1. The van der Waals surface area contributed by atoms with Gasteiger partial charge in [-0.05, 0) is 25.7 Å². The number of aromatic nitrogens is 6. The summed E-state index contributed by atoms with van der Waals surface area (Å²) in [7, 11) is 0. The largest absolute Gasteiger partial charge is 0.338 e. The molecule has 0 saturated carbocycles. The van der Waals surface area contributed by atoms with Gasteiger partial charge in [0, 0.05) is 12.6 Å². The van der Waals surface area contributed by atoms with Gasteiger partial charge in [-0.2, -0.15) is 24.7 Å². The molecule has 2 atom stereocenters. The van der Waals surface area contributed by atoms with E-state index in [1.54, 1.807) is 6.33 Å². The first-order valence-electron chi connectivity index (χ1n) is 7.03. The van der Waals surface area contributed by atoms with Crippen LogP contribution in [-0.2, 0) is 0 Å². The van der Waals surface area contributed by atoms with Crippen LogP contribution in [0, 0.1) is 5.92 Å². The van der Waals surface area contributed by atoms with Crippen molar-refractivity contribution in [3.63, 3.8) is 0 Å². The molecule has 112 valence electrons. The predicted molar refractivity (Wildman–Crippen MR) is 77.8 cm³/mol. The molecule has 1 aliphatic rings. The third-order valence-electron chi connectivity index (χ3n) is 4.00. The Hall–Kier alpha value is -2.29. The van der Waals surface area contributed by atoms with Crippen LogP contribution in [-0.4, -0.2) is 42.3 Å². The Morgan fingerprint density at radius 3 is 2.76 bits per heavy atom. The zero-order chi connectivity index (χ0) is 14.8. The van der Waals surface area contributed by atoms with Crippen molar-refractivity contribution < 1.29 is 0 Å². The lowest BCUT2D eigenvalue weighted by molar-refractivity contribution is 0.359. The summed E-state index contributed by atoms with van der Waals surface area (Å²) < 4.78 is 1.49. The van der Waals surface area contributed by atoms with Gasteiger partial charge < -0.3 is 4.90 Å². The number of nitrogen functional groups attached to an aromatic ring is 1. The maximum atomic E-state index is 5.47. The first-order valence-corrected chi connectivity index (χ1v) is 7.03. The van der Waals surface area contributed by atoms with E-state index >= 15 is 0 Å². The summed E-state index contributed by atoms with van der Waals surface area (Å²) in [6, 6.07) is 0.371. The van der Waals surface area contributed by atoms with E-state index in [2.05, 4.69) is 49.2 Å². The Bertz CT molecular complexity index is 597. The first-order chi connectivity index (χ1) is 10.2. The highest BCUT2D eigenvalue weighted by Crippen LogP contribution is 2.26. The van der Waals surface area contributed by atoms with Gasteiger partial charge in [0.25, 0.3) is 5.95 Å². The van der Waals surface area contributed by atoms with Gasteiger partial charge in [0.2, 0.25) is 11.9 Å². The van der Waals surface area contributed by atoms with Crippen molar-refractivity contribution in [3.05, 3.63) is 12.7 Å². The van der Waals surface area contributed by atoms with E-state index in [0.717, 1.165) is 13.0 Å². The van der Waals surface area contributed by atoms with Crippen LogP contribution in [0.5, 0.6) is 0 Å². The molecule has 1 fully saturated rings. The van der Waals surface area contributed by atoms with Crippen LogP contribution in [0.3, 0.4) is 0 Å². The maximum absolute atomic E-state index is 5.47. The summed E-state index contributed by atoms with van der Waals surface area (Å²) in [6.07, 6.45) is 5.33. The summed E-state index contributed by atoms with van der Waals surface area (Å²) in [5.74, 6) is 7.39. The van der Waals surface area contributed by atoms with Gasteiger partial charge in [-0.15, -0.1) is 0 Å². The van der Waals surface area contributed by atoms with Gasteiger partial charge in [-0.25, -0.2) is 10.8 Å². The molecular weight excluding hydrogens is 270 g/mol. The highest BCUT2D eigenvalue weighted by molar-refractivity contribution is 5.40. The van der Waals surface area contributed by atoms with Crippen LogP contribution in [0.25, 0.3) is 5.95 Å². The molecule has 9 nitrogen and oxygen atoms in total. The summed E-state index contributed by atoms with van der Waals surface area (Å²) in [4.78, 5) is 19.2. The van der Waals surface area contributed by atoms with Crippen LogP contribution >= 0.6 is 0 Å². The Morgan fingerprint density at radius 1 is 1.24 bits per heavy atom. The minimum Gasteiger partial charge on any atom is -0.338 e. The fourth-order valence-electron chi connectivity index (χ4n) is 2.58. The van der Waals surface area contributed by atoms with E-state index in [1.807, 2.05) is 0 Å². The average Bonchev–Trinajstić information content (AvgIpc) is 3.04. The molecule has 21 heavy (non-hydrogen) atoms. The summed E-state index contributed by atoms with van der Waals surface area (Å²) in [5, 5.41) is 4.05. The van der Waals surface area contributed by atoms with Gasteiger partial charge in [0.15, 0.2) is 0 Å². The molecule has 9 heteroatoms. The molecule has 0 aliphatic carbocycles. The Kier molecular flexibility index (Phi) is 3.65. The standard InChI is InChI=1S/C12H19N9/c1-8-4-3-5-20(9(8)2)11-16-10(19-13)17-12(18-11)21-7-14-6-15-21/h6-9H,3-5,13H2,1-2H3,(H,16,17,18,19). The lowest BCUT2D eigenvalue weighted by Crippen LogP contribution is -2.43. The number of hydrazine groups is 1. The van der Waals surface area contributed by atoms with E-state index in [9.17, 15) is 0 Å². The smallest absolute Gasteiger partial charge is 0.258 e. The molecule has 0 radical (unpaired) electrons. The van der Waals surface area contributed by atoms with Crippen molar-refractivity contribution in [2.45, 2.75) is 32.7 Å². The third kappa shape index (κ3) is 2.64. The topological polar surface area (TPSA) is 111 Å². The van der Waals surface area contributed by atoms with Gasteiger partial charge in [-0.1, -0.05) is 6.92 Å². The molecule has 0 bridgehead atoms. The molecule has 2 aromatic rings. The normalized spacial score (nSPS) is 22.3. The highest BCUT2D eigenvalue weighted by Gasteiger charge is 2.27. The van der Waals surface area contributed by atoms with Gasteiger partial charge in [0.05, 0.1) is 0 Å². The van der Waals surface area contributed by atoms with E-state index in [1.165, 1.54) is 17.4 Å². The summed E-state index contributed by atoms with van der Waals surface area (Å²) >= 11 is 0. The van der Waals surface area contributed by atoms with Gasteiger partial charge in [-0.3, -0.25) is 5.43 Å². The van der Waals surface area contributed by atoms with Crippen LogP contribution in [0.4, 0.5) is 11.9 Å². The minimum atomic E-state index is 0.316. The van der Waals surface area contributed by atoms with Crippen molar-refractivity contribution in [2.75, 3.05) is 16.9 Å². The molecule has 1 saturated heterocycles. The Morgan fingerprint density at radius 2 is 2.05 bits per heavy atom. The number of rotatable bonds is 3. The maximum Gasteiger partial charge on any atom is 0.258 e. The fourth-order valence-corrected chi connectivity index (χ4v) is 2.58. The number of nitrogens with one attached hydrogen (secondary N) is 1. The molecule has 0 spiro atoms. The second-order valence-electron chi connectivity index (χ2n) is 5.30. The van der Waals surface area contributed by atoms with Crippen molar-refractivity contribution in [2.24, 2.45) is 11.8 Å². The number of hydrogen-bond donors (Lipinski definition) is 2. The lowest BCUT2D eigenvalue weighted by Gasteiger charge is -2.37. The zero-order valence-corrected chi connectivity index (χ0v) is 12.1. The van der Waals surface area contributed by atoms with Gasteiger partial charge in [0.1, 0.15) is 12.7 Å². The quantitative estimate of drug-likeness (QED) is 0.615. The van der Waals surface area contributed by atoms with Crippen LogP contribution in [0.1, 0.15) is 26.7 Å². The van der Waals surface area contributed by atoms with Gasteiger partial charge >= 0.3 is 0 Å². The van der Waals surface area contributed by atoms with Crippen molar-refractivity contribution >= 4 is 11.9 Å². The first kappa shape index (κ1) is 13.7. The van der Waals surface area contributed by atoms with E-state index in [0.29, 0.717) is 29.8 Å². The number of piperidine rings is 1. The summed E-state index contributed by atoms with van der Waals surface area (Å²) in [6.45, 7) is 5.37. The van der Waals surface area contributed by atoms with Crippen LogP contribution in [0.15, 0.2) is 12.7 Å². The molecule has 0 aromatic carbocycles. The highest BCUT2D eigenvalue weighted by atomic mass is 15.4. The van der Waals surface area contributed by atoms with E-state index < -0.39 is 0 Å². The van der Waals surface area contributed by atoms with Crippen molar-refractivity contribution in [3.8, 4) is 5.95 Å². The average molecular weight is 289 g/mol. The molecule has 3 rings (SSSR count). The number of nitrogens with two attached hydrogens (primary N) is 1. The molecule has 1 aliphatic heterocycles. The third-order valence-corrected chi connectivity index (χ3v) is 4.00. The number of nitrogens with zero attached hydrogens (tertiary/aromatic N) is 7. The fraction of sp³-hybridized carbons (Fsp3) is 0.583. The molecule has 0 amide bonds.